The van der Waals surface area contributed by atoms with Gasteiger partial charge >= 0.3 is 11.9 Å². The second-order valence-electron chi connectivity index (χ2n) is 6.26. The van der Waals surface area contributed by atoms with Gasteiger partial charge in [-0.15, -0.1) is 0 Å². The zero-order chi connectivity index (χ0) is 21.5. The maximum Gasteiger partial charge on any atom is 0.338 e. The highest BCUT2D eigenvalue weighted by molar-refractivity contribution is 8.04. The van der Waals surface area contributed by atoms with Gasteiger partial charge in [-0.2, -0.15) is 0 Å². The Kier molecular flexibility index (Phi) is 6.16. The fraction of sp³-hybridized carbons (Fsp3) is 0.316. The van der Waals surface area contributed by atoms with Crippen LogP contribution in [0.4, 0.5) is 0 Å². The summed E-state index contributed by atoms with van der Waals surface area (Å²) in [5, 5.41) is 0.439. The van der Waals surface area contributed by atoms with Crippen molar-refractivity contribution in [2.75, 3.05) is 13.7 Å². The van der Waals surface area contributed by atoms with Gasteiger partial charge in [-0.3, -0.25) is 9.69 Å². The Morgan fingerprint density at radius 1 is 1.24 bits per heavy atom. The van der Waals surface area contributed by atoms with Crippen molar-refractivity contribution in [2.45, 2.75) is 25.0 Å². The lowest BCUT2D eigenvalue weighted by molar-refractivity contribution is -0.139. The zero-order valence-corrected chi connectivity index (χ0v) is 18.2. The highest BCUT2D eigenvalue weighted by Crippen LogP contribution is 2.50. The number of rotatable bonds is 4. The van der Waals surface area contributed by atoms with Crippen LogP contribution in [0.3, 0.4) is 0 Å². The number of carbonyl (C=O) groups is 3. The first-order valence-corrected chi connectivity index (χ1v) is 10.3. The molecule has 2 aliphatic heterocycles. The Balaban J connectivity index is 2.34. The molecule has 2 atom stereocenters. The molecule has 1 aromatic rings. The van der Waals surface area contributed by atoms with Crippen LogP contribution in [0.15, 0.2) is 40.2 Å². The molecule has 0 aliphatic carbocycles. The van der Waals surface area contributed by atoms with Gasteiger partial charge < -0.3 is 15.2 Å². The number of thioether (sulfide) groups is 1. The molecule has 1 aromatic carbocycles. The Labute approximate surface area is 181 Å². The van der Waals surface area contributed by atoms with Gasteiger partial charge in [-0.05, 0) is 31.5 Å². The molecule has 2 N–H and O–H groups in total. The van der Waals surface area contributed by atoms with Crippen LogP contribution in [0.2, 0.25) is 10.0 Å². The van der Waals surface area contributed by atoms with Crippen LogP contribution in [-0.4, -0.2) is 41.7 Å². The summed E-state index contributed by atoms with van der Waals surface area (Å²) in [7, 11) is 1.22. The van der Waals surface area contributed by atoms with Crippen molar-refractivity contribution in [3.63, 3.8) is 0 Å². The van der Waals surface area contributed by atoms with Crippen LogP contribution in [0, 0.1) is 0 Å². The van der Waals surface area contributed by atoms with Crippen LogP contribution >= 0.6 is 35.0 Å². The molecular formula is C19H18Cl2N2O5S. The maximum atomic E-state index is 12.9. The second-order valence-corrected chi connectivity index (χ2v) is 8.44. The number of carbonyl (C=O) groups excluding carboxylic acids is 3. The number of benzene rings is 1. The van der Waals surface area contributed by atoms with E-state index in [0.717, 1.165) is 0 Å². The van der Waals surface area contributed by atoms with Crippen molar-refractivity contribution < 1.29 is 23.9 Å². The number of nitrogens with zero attached hydrogens (tertiary/aromatic N) is 1. The molecule has 7 nitrogen and oxygen atoms in total. The minimum absolute atomic E-state index is 0.0525. The van der Waals surface area contributed by atoms with E-state index < -0.39 is 23.1 Å². The van der Waals surface area contributed by atoms with Crippen LogP contribution < -0.4 is 5.73 Å². The van der Waals surface area contributed by atoms with E-state index in [4.69, 9.17) is 38.4 Å². The van der Waals surface area contributed by atoms with Gasteiger partial charge in [-0.1, -0.05) is 41.0 Å². The number of esters is 2. The predicted molar refractivity (Wildman–Crippen MR) is 110 cm³/mol. The molecule has 0 unspecified atom stereocenters. The van der Waals surface area contributed by atoms with E-state index in [2.05, 4.69) is 0 Å². The van der Waals surface area contributed by atoms with Crippen LogP contribution in [-0.2, 0) is 23.9 Å². The smallest absolute Gasteiger partial charge is 0.338 e. The van der Waals surface area contributed by atoms with Crippen LogP contribution in [0.1, 0.15) is 25.3 Å². The molecule has 154 valence electrons. The zero-order valence-electron chi connectivity index (χ0n) is 15.8. The Hall–Kier alpha value is -2.16. The standard InChI is InChI=1S/C19H18Cl2N2O5S/c1-4-28-19(26)13-12(10-6-5-9(20)7-11(10)21)14(18(25)27-3)17-23(15(13)22)16(24)8(2)29-17/h5-8,12H,4,22H2,1-3H3/t8-,12-/m1/s1. The number of hydrogen-bond acceptors (Lipinski definition) is 7. The van der Waals surface area contributed by atoms with Gasteiger partial charge in [0.05, 0.1) is 41.1 Å². The highest BCUT2D eigenvalue weighted by atomic mass is 35.5. The quantitative estimate of drug-likeness (QED) is 0.694. The lowest BCUT2D eigenvalue weighted by Gasteiger charge is -2.33. The van der Waals surface area contributed by atoms with E-state index >= 15 is 0 Å². The van der Waals surface area contributed by atoms with E-state index in [1.165, 1.54) is 29.8 Å². The van der Waals surface area contributed by atoms with Gasteiger partial charge in [0.15, 0.2) is 0 Å². The number of hydrogen-bond donors (Lipinski definition) is 1. The summed E-state index contributed by atoms with van der Waals surface area (Å²) in [6.07, 6.45) is 0. The van der Waals surface area contributed by atoms with E-state index in [1.54, 1.807) is 26.0 Å². The molecule has 0 spiro atoms. The number of halogens is 2. The molecule has 2 aliphatic rings. The Bertz CT molecular complexity index is 975. The predicted octanol–water partition coefficient (Wildman–Crippen LogP) is 3.17. The minimum atomic E-state index is -0.983. The molecular weight excluding hydrogens is 439 g/mol. The summed E-state index contributed by atoms with van der Waals surface area (Å²) in [4.78, 5) is 39.5. The van der Waals surface area contributed by atoms with Gasteiger partial charge in [0, 0.05) is 10.0 Å². The minimum Gasteiger partial charge on any atom is -0.466 e. The molecule has 0 radical (unpaired) electrons. The normalized spacial score (nSPS) is 21.4. The summed E-state index contributed by atoms with van der Waals surface area (Å²) in [6, 6.07) is 4.69. The first-order chi connectivity index (χ1) is 13.7. The topological polar surface area (TPSA) is 98.9 Å². The number of amides is 1. The monoisotopic (exact) mass is 456 g/mol. The maximum absolute atomic E-state index is 12.9. The van der Waals surface area contributed by atoms with Crippen molar-refractivity contribution >= 4 is 52.8 Å². The Morgan fingerprint density at radius 2 is 1.93 bits per heavy atom. The molecule has 0 aromatic heterocycles. The molecule has 1 fully saturated rings. The summed E-state index contributed by atoms with van der Waals surface area (Å²) < 4.78 is 10.1. The third kappa shape index (κ3) is 3.60. The first kappa shape index (κ1) is 21.5. The van der Waals surface area contributed by atoms with E-state index in [1.807, 2.05) is 0 Å². The summed E-state index contributed by atoms with van der Waals surface area (Å²) in [5.74, 6) is -2.87. The van der Waals surface area contributed by atoms with Crippen LogP contribution in [0.5, 0.6) is 0 Å². The molecule has 2 heterocycles. The van der Waals surface area contributed by atoms with E-state index in [9.17, 15) is 14.4 Å². The van der Waals surface area contributed by atoms with Gasteiger partial charge in [-0.25, -0.2) is 9.59 Å². The van der Waals surface area contributed by atoms with Crippen molar-refractivity contribution in [1.29, 1.82) is 0 Å². The molecule has 0 saturated carbocycles. The lowest BCUT2D eigenvalue weighted by Crippen LogP contribution is -2.40. The summed E-state index contributed by atoms with van der Waals surface area (Å²) >= 11 is 13.6. The summed E-state index contributed by atoms with van der Waals surface area (Å²) in [6.45, 7) is 3.41. The third-order valence-electron chi connectivity index (χ3n) is 4.56. The van der Waals surface area contributed by atoms with Crippen molar-refractivity contribution in [1.82, 2.24) is 4.90 Å². The lowest BCUT2D eigenvalue weighted by atomic mass is 9.82. The van der Waals surface area contributed by atoms with Gasteiger partial charge in [0.1, 0.15) is 5.82 Å². The number of methoxy groups -OCH3 is 1. The number of ether oxygens (including phenoxy) is 2. The molecule has 10 heteroatoms. The molecule has 3 rings (SSSR count). The summed E-state index contributed by atoms with van der Waals surface area (Å²) in [5.41, 5.74) is 6.74. The number of nitrogens with two attached hydrogens (primary N) is 1. The fourth-order valence-corrected chi connectivity index (χ4v) is 4.97. The van der Waals surface area contributed by atoms with Gasteiger partial charge in [0.2, 0.25) is 5.91 Å². The second kappa shape index (κ2) is 8.30. The van der Waals surface area contributed by atoms with Crippen LogP contribution in [0.25, 0.3) is 0 Å². The highest BCUT2D eigenvalue weighted by Gasteiger charge is 2.49. The molecule has 1 amide bonds. The van der Waals surface area contributed by atoms with E-state index in [0.29, 0.717) is 15.6 Å². The Morgan fingerprint density at radius 3 is 2.52 bits per heavy atom. The number of fused-ring (bicyclic) bond motifs is 1. The molecule has 29 heavy (non-hydrogen) atoms. The molecule has 1 saturated heterocycles. The van der Waals surface area contributed by atoms with Gasteiger partial charge in [0.25, 0.3) is 0 Å². The first-order valence-electron chi connectivity index (χ1n) is 8.67. The van der Waals surface area contributed by atoms with Crippen molar-refractivity contribution in [3.05, 3.63) is 55.8 Å². The SMILES string of the molecule is CCOC(=O)C1=C(N)N2C(=O)[C@@H](C)SC2=C(C(=O)OC)[C@@H]1c1ccc(Cl)cc1Cl. The van der Waals surface area contributed by atoms with E-state index in [-0.39, 0.29) is 34.5 Å². The molecule has 0 bridgehead atoms. The largest absolute Gasteiger partial charge is 0.466 e. The fourth-order valence-electron chi connectivity index (χ4n) is 3.29. The van der Waals surface area contributed by atoms with Crippen molar-refractivity contribution in [3.8, 4) is 0 Å². The average molecular weight is 457 g/mol. The van der Waals surface area contributed by atoms with Crippen molar-refractivity contribution in [2.24, 2.45) is 5.73 Å². The third-order valence-corrected chi connectivity index (χ3v) is 6.30. The average Bonchev–Trinajstić information content (AvgIpc) is 2.96.